The number of ketones is 2. The SMILES string of the molecule is CC(=O)CC(C)=O.C[CH2][Ti]([CH2]C)([CH2]C)[CH2]C. The van der Waals surface area contributed by atoms with Crippen LogP contribution in [0.5, 0.6) is 0 Å². The Morgan fingerprint density at radius 1 is 0.750 bits per heavy atom. The summed E-state index contributed by atoms with van der Waals surface area (Å²) in [6.07, 6.45) is 0.0833. The molecule has 0 saturated heterocycles. The van der Waals surface area contributed by atoms with Gasteiger partial charge in [-0.25, -0.2) is 0 Å². The molecule has 0 atom stereocenters. The summed E-state index contributed by atoms with van der Waals surface area (Å²) in [5.74, 6) is -0.125. The molecule has 0 heterocycles. The minimum atomic E-state index is -1.17. The average Bonchev–Trinajstić information content (AvgIpc) is 2.21. The van der Waals surface area contributed by atoms with Crippen LogP contribution in [-0.4, -0.2) is 11.6 Å². The fourth-order valence-corrected chi connectivity index (χ4v) is 6.54. The third-order valence-electron chi connectivity index (χ3n) is 3.50. The van der Waals surface area contributed by atoms with Crippen LogP contribution in [0.15, 0.2) is 0 Å². The van der Waals surface area contributed by atoms with Gasteiger partial charge in [-0.15, -0.1) is 0 Å². The third-order valence-corrected chi connectivity index (χ3v) is 12.9. The zero-order valence-corrected chi connectivity index (χ0v) is 13.4. The van der Waals surface area contributed by atoms with Gasteiger partial charge in [-0.2, -0.15) is 0 Å². The molecule has 0 unspecified atom stereocenters. The van der Waals surface area contributed by atoms with E-state index in [4.69, 9.17) is 0 Å². The number of Topliss-reactive ketones (excluding diaryl/α,β-unsaturated/α-hetero) is 2. The van der Waals surface area contributed by atoms with Crippen LogP contribution in [0.4, 0.5) is 0 Å². The molecule has 0 rings (SSSR count). The molecule has 0 fully saturated rings. The number of carbonyl (C=O) groups excluding carboxylic acids is 2. The minimum absolute atomic E-state index is 0.0625. The van der Waals surface area contributed by atoms with E-state index in [0.717, 1.165) is 0 Å². The van der Waals surface area contributed by atoms with E-state index >= 15 is 0 Å². The van der Waals surface area contributed by atoms with E-state index in [1.807, 2.05) is 0 Å². The molecule has 3 heteroatoms. The summed E-state index contributed by atoms with van der Waals surface area (Å²) in [6, 6.07) is 0. The van der Waals surface area contributed by atoms with E-state index in [9.17, 15) is 9.59 Å². The Morgan fingerprint density at radius 3 is 1.00 bits per heavy atom. The first-order chi connectivity index (χ1) is 7.37. The second-order valence-electron chi connectivity index (χ2n) is 4.50. The topological polar surface area (TPSA) is 34.1 Å². The van der Waals surface area contributed by atoms with Crippen LogP contribution in [0, 0.1) is 0 Å². The second-order valence-corrected chi connectivity index (χ2v) is 13.6. The number of hydrogen-bond acceptors (Lipinski definition) is 2. The van der Waals surface area contributed by atoms with Crippen LogP contribution < -0.4 is 0 Å². The van der Waals surface area contributed by atoms with E-state index in [0.29, 0.717) is 0 Å². The zero-order valence-electron chi connectivity index (χ0n) is 11.9. The zero-order chi connectivity index (χ0) is 13.2. The van der Waals surface area contributed by atoms with Crippen LogP contribution in [0.25, 0.3) is 0 Å². The summed E-state index contributed by atoms with van der Waals surface area (Å²) in [6.45, 7) is 12.3. The summed E-state index contributed by atoms with van der Waals surface area (Å²) < 4.78 is 6.12. The van der Waals surface area contributed by atoms with Crippen molar-refractivity contribution in [3.63, 3.8) is 0 Å². The average molecular weight is 264 g/mol. The molecule has 0 aromatic carbocycles. The molecule has 96 valence electrons. The van der Waals surface area contributed by atoms with Gasteiger partial charge in [0, 0.05) is 0 Å². The monoisotopic (exact) mass is 264 g/mol. The van der Waals surface area contributed by atoms with E-state index in [-0.39, 0.29) is 18.0 Å². The molecule has 0 spiro atoms. The maximum atomic E-state index is 10.0. The van der Waals surface area contributed by atoms with E-state index < -0.39 is 16.6 Å². The predicted octanol–water partition coefficient (Wildman–Crippen LogP) is 4.45. The van der Waals surface area contributed by atoms with Crippen LogP contribution in [0.2, 0.25) is 18.9 Å². The standard InChI is InChI=1S/C5H8O2.4C2H5.Ti/c1-4(6)3-5(2)7;4*1-2;/h3H2,1-2H3;4*1H2,2H3;. The maximum absolute atomic E-state index is 10.0. The van der Waals surface area contributed by atoms with Gasteiger partial charge in [0.25, 0.3) is 0 Å². The second kappa shape index (κ2) is 10.2. The summed E-state index contributed by atoms with van der Waals surface area (Å²) in [7, 11) is 0. The van der Waals surface area contributed by atoms with E-state index in [2.05, 4.69) is 27.7 Å². The number of rotatable bonds is 6. The van der Waals surface area contributed by atoms with Gasteiger partial charge in [0.15, 0.2) is 0 Å². The molecule has 0 aliphatic heterocycles. The van der Waals surface area contributed by atoms with Gasteiger partial charge >= 0.3 is 63.2 Å². The van der Waals surface area contributed by atoms with Crippen LogP contribution in [0.1, 0.15) is 48.0 Å². The van der Waals surface area contributed by atoms with Crippen molar-refractivity contribution in [2.24, 2.45) is 0 Å². The normalized spacial score (nSPS) is 10.4. The van der Waals surface area contributed by atoms with Crippen molar-refractivity contribution in [3.05, 3.63) is 0 Å². The van der Waals surface area contributed by atoms with Crippen molar-refractivity contribution < 1.29 is 26.2 Å². The van der Waals surface area contributed by atoms with E-state index in [1.54, 1.807) is 0 Å². The van der Waals surface area contributed by atoms with Gasteiger partial charge in [0.1, 0.15) is 11.6 Å². The van der Waals surface area contributed by atoms with Crippen molar-refractivity contribution in [1.29, 1.82) is 0 Å². The quantitative estimate of drug-likeness (QED) is 0.524. The van der Waals surface area contributed by atoms with Crippen molar-refractivity contribution in [1.82, 2.24) is 0 Å². The third kappa shape index (κ3) is 9.29. The molecular weight excluding hydrogens is 236 g/mol. The Morgan fingerprint density at radius 2 is 1.00 bits per heavy atom. The predicted molar refractivity (Wildman–Crippen MR) is 67.9 cm³/mol. The molecular formula is C13H28O2Ti. The molecule has 0 aromatic rings. The van der Waals surface area contributed by atoms with Gasteiger partial charge < -0.3 is 0 Å². The Bertz CT molecular complexity index is 178. The number of hydrogen-bond donors (Lipinski definition) is 0. The van der Waals surface area contributed by atoms with E-state index in [1.165, 1.54) is 32.7 Å². The van der Waals surface area contributed by atoms with Gasteiger partial charge in [-0.05, 0) is 13.8 Å². The molecule has 0 N–H and O–H groups in total. The Labute approximate surface area is 105 Å². The molecule has 16 heavy (non-hydrogen) atoms. The molecule has 0 bridgehead atoms. The van der Waals surface area contributed by atoms with Crippen molar-refractivity contribution in [2.45, 2.75) is 66.9 Å². The summed E-state index contributed by atoms with van der Waals surface area (Å²) in [5.41, 5.74) is 0. The molecule has 0 saturated carbocycles. The first-order valence-electron chi connectivity index (χ1n) is 6.36. The first-order valence-corrected chi connectivity index (χ1v) is 10.8. The van der Waals surface area contributed by atoms with Crippen molar-refractivity contribution in [3.8, 4) is 0 Å². The van der Waals surface area contributed by atoms with Crippen LogP contribution in [-0.2, 0) is 26.2 Å². The summed E-state index contributed by atoms with van der Waals surface area (Å²) in [4.78, 5) is 20.1. The van der Waals surface area contributed by atoms with Gasteiger partial charge in [-0.1, -0.05) is 0 Å². The van der Waals surface area contributed by atoms with Crippen LogP contribution >= 0.6 is 0 Å². The first kappa shape index (κ1) is 18.4. The Kier molecular flexibility index (Phi) is 11.8. The van der Waals surface area contributed by atoms with Crippen LogP contribution in [0.3, 0.4) is 0 Å². The fraction of sp³-hybridized carbons (Fsp3) is 0.846. The molecule has 0 aromatic heterocycles. The van der Waals surface area contributed by atoms with Crippen molar-refractivity contribution >= 4 is 11.6 Å². The molecule has 0 aliphatic carbocycles. The summed E-state index contributed by atoms with van der Waals surface area (Å²) >= 11 is -1.17. The Balaban J connectivity index is 0. The van der Waals surface area contributed by atoms with Crippen molar-refractivity contribution in [2.75, 3.05) is 0 Å². The molecule has 0 aliphatic rings. The molecule has 2 nitrogen and oxygen atoms in total. The Hall–Kier alpha value is 0.0543. The van der Waals surface area contributed by atoms with Gasteiger partial charge in [-0.3, -0.25) is 9.59 Å². The molecule has 0 amide bonds. The van der Waals surface area contributed by atoms with Gasteiger partial charge in [0.05, 0.1) is 6.42 Å². The fourth-order valence-electron chi connectivity index (χ4n) is 1.85. The number of carbonyl (C=O) groups is 2. The van der Waals surface area contributed by atoms with Gasteiger partial charge in [0.2, 0.25) is 0 Å². The summed E-state index contributed by atoms with van der Waals surface area (Å²) in [5, 5.41) is 0. The molecule has 0 radical (unpaired) electrons.